The standard InChI is InChI=1S/C16H20N2O2S/c19-21(20,17-15-8-2-1-3-9-15)18-16-11-10-13-6-4-5-7-14(13)12-16/h4-7,10-12,15,17-18H,1-3,8-9H2. The normalized spacial score (nSPS) is 17.0. The van der Waals surface area contributed by atoms with Gasteiger partial charge in [0.1, 0.15) is 0 Å². The van der Waals surface area contributed by atoms with Crippen molar-refractivity contribution in [3.05, 3.63) is 42.5 Å². The summed E-state index contributed by atoms with van der Waals surface area (Å²) in [6.07, 6.45) is 5.26. The molecular weight excluding hydrogens is 284 g/mol. The maximum Gasteiger partial charge on any atom is 0.299 e. The number of hydrogen-bond donors (Lipinski definition) is 2. The van der Waals surface area contributed by atoms with Crippen molar-refractivity contribution in [3.63, 3.8) is 0 Å². The van der Waals surface area contributed by atoms with Crippen molar-refractivity contribution in [3.8, 4) is 0 Å². The van der Waals surface area contributed by atoms with Crippen LogP contribution in [0.25, 0.3) is 10.8 Å². The number of fused-ring (bicyclic) bond motifs is 1. The number of rotatable bonds is 4. The fourth-order valence-electron chi connectivity index (χ4n) is 2.88. The van der Waals surface area contributed by atoms with E-state index in [1.807, 2.05) is 36.4 Å². The van der Waals surface area contributed by atoms with Gasteiger partial charge in [0.15, 0.2) is 0 Å². The molecule has 0 saturated heterocycles. The molecule has 0 atom stereocenters. The molecule has 4 nitrogen and oxygen atoms in total. The van der Waals surface area contributed by atoms with Crippen LogP contribution in [0.5, 0.6) is 0 Å². The molecule has 1 saturated carbocycles. The first-order valence-electron chi connectivity index (χ1n) is 7.41. The highest BCUT2D eigenvalue weighted by atomic mass is 32.2. The van der Waals surface area contributed by atoms with E-state index in [4.69, 9.17) is 0 Å². The fraction of sp³-hybridized carbons (Fsp3) is 0.375. The minimum Gasteiger partial charge on any atom is -0.271 e. The minimum atomic E-state index is -3.50. The topological polar surface area (TPSA) is 58.2 Å². The lowest BCUT2D eigenvalue weighted by Gasteiger charge is -2.22. The molecule has 1 aliphatic rings. The lowest BCUT2D eigenvalue weighted by Crippen LogP contribution is -2.39. The molecular formula is C16H20N2O2S. The van der Waals surface area contributed by atoms with E-state index >= 15 is 0 Å². The number of nitrogens with one attached hydrogen (secondary N) is 2. The van der Waals surface area contributed by atoms with Gasteiger partial charge in [-0.15, -0.1) is 0 Å². The van der Waals surface area contributed by atoms with Crippen LogP contribution in [0.3, 0.4) is 0 Å². The molecule has 0 radical (unpaired) electrons. The maximum absolute atomic E-state index is 12.2. The van der Waals surface area contributed by atoms with Gasteiger partial charge in [0.25, 0.3) is 10.2 Å². The van der Waals surface area contributed by atoms with Crippen LogP contribution >= 0.6 is 0 Å². The highest BCUT2D eigenvalue weighted by Gasteiger charge is 2.19. The highest BCUT2D eigenvalue weighted by molar-refractivity contribution is 7.90. The summed E-state index contributed by atoms with van der Waals surface area (Å²) < 4.78 is 29.7. The summed E-state index contributed by atoms with van der Waals surface area (Å²) >= 11 is 0. The molecule has 0 aromatic heterocycles. The lowest BCUT2D eigenvalue weighted by atomic mass is 9.96. The third kappa shape index (κ3) is 3.74. The van der Waals surface area contributed by atoms with Gasteiger partial charge < -0.3 is 0 Å². The van der Waals surface area contributed by atoms with Gasteiger partial charge in [-0.3, -0.25) is 4.72 Å². The molecule has 0 aliphatic heterocycles. The summed E-state index contributed by atoms with van der Waals surface area (Å²) in [4.78, 5) is 0. The Morgan fingerprint density at radius 3 is 2.38 bits per heavy atom. The number of benzene rings is 2. The zero-order valence-corrected chi connectivity index (χ0v) is 12.7. The van der Waals surface area contributed by atoms with Gasteiger partial charge in [-0.05, 0) is 35.7 Å². The van der Waals surface area contributed by atoms with E-state index in [9.17, 15) is 8.42 Å². The van der Waals surface area contributed by atoms with E-state index in [0.29, 0.717) is 5.69 Å². The smallest absolute Gasteiger partial charge is 0.271 e. The van der Waals surface area contributed by atoms with E-state index in [1.165, 1.54) is 6.42 Å². The van der Waals surface area contributed by atoms with Crippen molar-refractivity contribution < 1.29 is 8.42 Å². The summed E-state index contributed by atoms with van der Waals surface area (Å²) in [6.45, 7) is 0. The van der Waals surface area contributed by atoms with Crippen LogP contribution in [-0.2, 0) is 10.2 Å². The van der Waals surface area contributed by atoms with Crippen molar-refractivity contribution in [2.75, 3.05) is 4.72 Å². The van der Waals surface area contributed by atoms with Crippen LogP contribution in [-0.4, -0.2) is 14.5 Å². The molecule has 112 valence electrons. The predicted molar refractivity (Wildman–Crippen MR) is 86.5 cm³/mol. The Labute approximate surface area is 125 Å². The monoisotopic (exact) mass is 304 g/mol. The molecule has 1 aliphatic carbocycles. The van der Waals surface area contributed by atoms with E-state index in [2.05, 4.69) is 9.44 Å². The quantitative estimate of drug-likeness (QED) is 0.909. The molecule has 2 aromatic carbocycles. The molecule has 3 rings (SSSR count). The number of hydrogen-bond acceptors (Lipinski definition) is 2. The molecule has 5 heteroatoms. The first kappa shape index (κ1) is 14.4. The van der Waals surface area contributed by atoms with E-state index < -0.39 is 10.2 Å². The van der Waals surface area contributed by atoms with Gasteiger partial charge in [-0.1, -0.05) is 49.6 Å². The zero-order valence-electron chi connectivity index (χ0n) is 11.9. The van der Waals surface area contributed by atoms with Crippen LogP contribution < -0.4 is 9.44 Å². The molecule has 21 heavy (non-hydrogen) atoms. The Hall–Kier alpha value is -1.59. The van der Waals surface area contributed by atoms with E-state index in [0.717, 1.165) is 36.5 Å². The van der Waals surface area contributed by atoms with Crippen LogP contribution in [0.4, 0.5) is 5.69 Å². The second-order valence-electron chi connectivity index (χ2n) is 5.62. The van der Waals surface area contributed by atoms with Gasteiger partial charge in [-0.25, -0.2) is 0 Å². The average molecular weight is 304 g/mol. The van der Waals surface area contributed by atoms with E-state index in [-0.39, 0.29) is 6.04 Å². The highest BCUT2D eigenvalue weighted by Crippen LogP contribution is 2.21. The lowest BCUT2D eigenvalue weighted by molar-refractivity contribution is 0.413. The predicted octanol–water partition coefficient (Wildman–Crippen LogP) is 3.42. The van der Waals surface area contributed by atoms with Crippen LogP contribution in [0, 0.1) is 0 Å². The van der Waals surface area contributed by atoms with Gasteiger partial charge in [0, 0.05) is 6.04 Å². The number of anilines is 1. The second kappa shape index (κ2) is 6.03. The molecule has 1 fully saturated rings. The summed E-state index contributed by atoms with van der Waals surface area (Å²) in [5, 5.41) is 2.12. The molecule has 0 spiro atoms. The Balaban J connectivity index is 1.73. The molecule has 0 bridgehead atoms. The van der Waals surface area contributed by atoms with Crippen molar-refractivity contribution in [2.24, 2.45) is 0 Å². The fourth-order valence-corrected chi connectivity index (χ4v) is 4.05. The summed E-state index contributed by atoms with van der Waals surface area (Å²) in [5.41, 5.74) is 0.594. The van der Waals surface area contributed by atoms with Crippen molar-refractivity contribution in [1.82, 2.24) is 4.72 Å². The van der Waals surface area contributed by atoms with Crippen molar-refractivity contribution in [1.29, 1.82) is 0 Å². The maximum atomic E-state index is 12.2. The average Bonchev–Trinajstić information content (AvgIpc) is 2.47. The largest absolute Gasteiger partial charge is 0.299 e. The SMILES string of the molecule is O=S(=O)(Nc1ccc2ccccc2c1)NC1CCCCC1. The van der Waals surface area contributed by atoms with Gasteiger partial charge in [-0.2, -0.15) is 13.1 Å². The Kier molecular flexibility index (Phi) is 4.12. The molecule has 0 unspecified atom stereocenters. The molecule has 0 amide bonds. The first-order valence-corrected chi connectivity index (χ1v) is 8.90. The van der Waals surface area contributed by atoms with Crippen molar-refractivity contribution >= 4 is 26.7 Å². The molecule has 0 heterocycles. The van der Waals surface area contributed by atoms with Crippen LogP contribution in [0.1, 0.15) is 32.1 Å². The Morgan fingerprint density at radius 2 is 1.62 bits per heavy atom. The van der Waals surface area contributed by atoms with Gasteiger partial charge in [0.2, 0.25) is 0 Å². The second-order valence-corrected chi connectivity index (χ2v) is 7.07. The summed E-state index contributed by atoms with van der Waals surface area (Å²) in [6, 6.07) is 13.5. The third-order valence-electron chi connectivity index (χ3n) is 3.93. The van der Waals surface area contributed by atoms with E-state index in [1.54, 1.807) is 6.07 Å². The molecule has 2 N–H and O–H groups in total. The summed E-state index contributed by atoms with van der Waals surface area (Å²) in [5.74, 6) is 0. The van der Waals surface area contributed by atoms with Crippen molar-refractivity contribution in [2.45, 2.75) is 38.1 Å². The minimum absolute atomic E-state index is 0.0664. The van der Waals surface area contributed by atoms with Crippen LogP contribution in [0.15, 0.2) is 42.5 Å². The van der Waals surface area contributed by atoms with Crippen LogP contribution in [0.2, 0.25) is 0 Å². The first-order chi connectivity index (χ1) is 10.1. The Morgan fingerprint density at radius 1 is 0.905 bits per heavy atom. The van der Waals surface area contributed by atoms with Gasteiger partial charge in [0.05, 0.1) is 5.69 Å². The Bertz CT molecular complexity index is 722. The van der Waals surface area contributed by atoms with Gasteiger partial charge >= 0.3 is 0 Å². The molecule has 2 aromatic rings. The third-order valence-corrected chi connectivity index (χ3v) is 5.08. The zero-order chi connectivity index (χ0) is 14.7. The summed E-state index contributed by atoms with van der Waals surface area (Å²) in [7, 11) is -3.50.